The predicted octanol–water partition coefficient (Wildman–Crippen LogP) is 3.09. The third-order valence-corrected chi connectivity index (χ3v) is 2.21. The number of hydrogen-bond donors (Lipinski definition) is 1. The van der Waals surface area contributed by atoms with Crippen LogP contribution in [0.3, 0.4) is 0 Å². The maximum atomic E-state index is 11.1. The molecule has 3 heteroatoms. The number of hydrogen-bond acceptors (Lipinski definition) is 2. The normalized spacial score (nSPS) is 12.2. The van der Waals surface area contributed by atoms with Gasteiger partial charge in [-0.15, -0.1) is 0 Å². The summed E-state index contributed by atoms with van der Waals surface area (Å²) in [7, 11) is 0. The van der Waals surface area contributed by atoms with E-state index in [4.69, 9.17) is 4.74 Å². The van der Waals surface area contributed by atoms with Crippen LogP contribution < -0.4 is 5.32 Å². The molecule has 1 atom stereocenters. The Hall–Kier alpha value is -0.730. The van der Waals surface area contributed by atoms with Crippen molar-refractivity contribution >= 4 is 6.09 Å². The van der Waals surface area contributed by atoms with Gasteiger partial charge >= 0.3 is 6.09 Å². The zero-order valence-corrected chi connectivity index (χ0v) is 9.64. The first-order valence-corrected chi connectivity index (χ1v) is 5.64. The number of alkyl carbamates (subject to hydrolysis) is 1. The van der Waals surface area contributed by atoms with E-state index in [1.54, 1.807) is 0 Å². The largest absolute Gasteiger partial charge is 0.450 e. The minimum Gasteiger partial charge on any atom is -0.450 e. The fraction of sp³-hybridized carbons (Fsp3) is 0.909. The van der Waals surface area contributed by atoms with Gasteiger partial charge in [0.2, 0.25) is 0 Å². The van der Waals surface area contributed by atoms with E-state index >= 15 is 0 Å². The second kappa shape index (κ2) is 8.85. The molecule has 0 bridgehead atoms. The van der Waals surface area contributed by atoms with Crippen molar-refractivity contribution in [1.29, 1.82) is 0 Å². The lowest BCUT2D eigenvalue weighted by Gasteiger charge is -2.11. The highest BCUT2D eigenvalue weighted by Crippen LogP contribution is 1.99. The van der Waals surface area contributed by atoms with E-state index in [1.807, 2.05) is 13.8 Å². The number of carbonyl (C=O) groups excluding carboxylic acids is 1. The monoisotopic (exact) mass is 201 g/mol. The van der Waals surface area contributed by atoms with Crippen molar-refractivity contribution in [2.24, 2.45) is 0 Å². The van der Waals surface area contributed by atoms with Crippen molar-refractivity contribution in [1.82, 2.24) is 5.32 Å². The summed E-state index contributed by atoms with van der Waals surface area (Å²) in [6.45, 7) is 6.71. The summed E-state index contributed by atoms with van der Waals surface area (Å²) >= 11 is 0. The molecule has 0 aromatic heterocycles. The van der Waals surface area contributed by atoms with Crippen LogP contribution in [0.4, 0.5) is 4.79 Å². The minimum absolute atomic E-state index is 0.207. The summed E-state index contributed by atoms with van der Waals surface area (Å²) in [6, 6.07) is 0.207. The van der Waals surface area contributed by atoms with E-state index in [0.29, 0.717) is 6.61 Å². The molecule has 0 radical (unpaired) electrons. The third kappa shape index (κ3) is 7.90. The van der Waals surface area contributed by atoms with E-state index in [9.17, 15) is 4.79 Å². The molecule has 0 fully saturated rings. The first-order valence-electron chi connectivity index (χ1n) is 5.64. The van der Waals surface area contributed by atoms with Crippen LogP contribution in [0.25, 0.3) is 0 Å². The van der Waals surface area contributed by atoms with E-state index in [-0.39, 0.29) is 12.1 Å². The molecule has 1 N–H and O–H groups in total. The van der Waals surface area contributed by atoms with Crippen molar-refractivity contribution < 1.29 is 9.53 Å². The molecule has 0 heterocycles. The van der Waals surface area contributed by atoms with Gasteiger partial charge < -0.3 is 10.1 Å². The Balaban J connectivity index is 3.27. The van der Waals surface area contributed by atoms with E-state index in [1.165, 1.54) is 12.8 Å². The summed E-state index contributed by atoms with van der Waals surface area (Å²) in [4.78, 5) is 11.1. The molecule has 14 heavy (non-hydrogen) atoms. The summed E-state index contributed by atoms with van der Waals surface area (Å²) in [5, 5.41) is 2.76. The second-order valence-corrected chi connectivity index (χ2v) is 3.65. The van der Waals surface area contributed by atoms with Gasteiger partial charge in [0.15, 0.2) is 0 Å². The second-order valence-electron chi connectivity index (χ2n) is 3.65. The van der Waals surface area contributed by atoms with Crippen molar-refractivity contribution in [3.05, 3.63) is 0 Å². The summed E-state index contributed by atoms with van der Waals surface area (Å²) in [5.41, 5.74) is 0. The van der Waals surface area contributed by atoms with Crippen LogP contribution in [0.1, 0.15) is 52.9 Å². The van der Waals surface area contributed by atoms with E-state index < -0.39 is 0 Å². The number of rotatable bonds is 7. The molecular formula is C11H23NO2. The van der Waals surface area contributed by atoms with E-state index in [2.05, 4.69) is 12.2 Å². The number of ether oxygens (including phenoxy) is 1. The Labute approximate surface area is 87.2 Å². The molecule has 0 aliphatic carbocycles. The van der Waals surface area contributed by atoms with Crippen LogP contribution in [0.15, 0.2) is 0 Å². The van der Waals surface area contributed by atoms with Gasteiger partial charge in [0.1, 0.15) is 0 Å². The molecule has 1 unspecified atom stereocenters. The number of carbonyl (C=O) groups is 1. The molecule has 0 rings (SSSR count). The molecule has 0 saturated heterocycles. The Morgan fingerprint density at radius 3 is 2.57 bits per heavy atom. The fourth-order valence-corrected chi connectivity index (χ4v) is 1.04. The van der Waals surface area contributed by atoms with Crippen molar-refractivity contribution in [3.63, 3.8) is 0 Å². The highest BCUT2D eigenvalue weighted by atomic mass is 16.5. The Morgan fingerprint density at radius 1 is 1.29 bits per heavy atom. The van der Waals surface area contributed by atoms with Gasteiger partial charge in [0.25, 0.3) is 0 Å². The molecule has 0 aromatic carbocycles. The van der Waals surface area contributed by atoms with Gasteiger partial charge in [-0.05, 0) is 19.8 Å². The lowest BCUT2D eigenvalue weighted by atomic mass is 10.2. The van der Waals surface area contributed by atoms with Crippen LogP contribution in [0.2, 0.25) is 0 Å². The van der Waals surface area contributed by atoms with Gasteiger partial charge in [-0.1, -0.05) is 33.1 Å². The molecule has 84 valence electrons. The van der Waals surface area contributed by atoms with Gasteiger partial charge in [0.05, 0.1) is 6.61 Å². The van der Waals surface area contributed by atoms with Crippen LogP contribution in [0.5, 0.6) is 0 Å². The lowest BCUT2D eigenvalue weighted by Crippen LogP contribution is -2.32. The molecule has 3 nitrogen and oxygen atoms in total. The average molecular weight is 201 g/mol. The third-order valence-electron chi connectivity index (χ3n) is 2.21. The zero-order valence-electron chi connectivity index (χ0n) is 9.64. The lowest BCUT2D eigenvalue weighted by molar-refractivity contribution is 0.140. The SMILES string of the molecule is CCCCCCOC(=O)NC(C)CC. The molecule has 0 saturated carbocycles. The number of nitrogens with one attached hydrogen (secondary N) is 1. The van der Waals surface area contributed by atoms with Crippen molar-refractivity contribution in [2.75, 3.05) is 6.61 Å². The van der Waals surface area contributed by atoms with Crippen LogP contribution in [0, 0.1) is 0 Å². The predicted molar refractivity (Wildman–Crippen MR) is 58.4 cm³/mol. The molecular weight excluding hydrogens is 178 g/mol. The Bertz CT molecular complexity index is 148. The van der Waals surface area contributed by atoms with Gasteiger partial charge in [-0.25, -0.2) is 4.79 Å². The Morgan fingerprint density at radius 2 is 2.00 bits per heavy atom. The molecule has 0 spiro atoms. The van der Waals surface area contributed by atoms with E-state index in [0.717, 1.165) is 19.3 Å². The van der Waals surface area contributed by atoms with Crippen molar-refractivity contribution in [2.45, 2.75) is 58.9 Å². The quantitative estimate of drug-likeness (QED) is 0.643. The molecule has 0 aliphatic heterocycles. The maximum Gasteiger partial charge on any atom is 0.407 e. The molecule has 0 aliphatic rings. The van der Waals surface area contributed by atoms with Crippen molar-refractivity contribution in [3.8, 4) is 0 Å². The van der Waals surface area contributed by atoms with Gasteiger partial charge in [-0.3, -0.25) is 0 Å². The first-order chi connectivity index (χ1) is 6.70. The van der Waals surface area contributed by atoms with Crippen LogP contribution >= 0.6 is 0 Å². The standard InChI is InChI=1S/C11H23NO2/c1-4-6-7-8-9-14-11(13)12-10(3)5-2/h10H,4-9H2,1-3H3,(H,12,13). The topological polar surface area (TPSA) is 38.3 Å². The Kier molecular flexibility index (Phi) is 8.39. The summed E-state index contributed by atoms with van der Waals surface area (Å²) in [5.74, 6) is 0. The van der Waals surface area contributed by atoms with Crippen LogP contribution in [-0.4, -0.2) is 18.7 Å². The minimum atomic E-state index is -0.282. The van der Waals surface area contributed by atoms with Crippen LogP contribution in [-0.2, 0) is 4.74 Å². The zero-order chi connectivity index (χ0) is 10.8. The van der Waals surface area contributed by atoms with Gasteiger partial charge in [-0.2, -0.15) is 0 Å². The first kappa shape index (κ1) is 13.3. The average Bonchev–Trinajstić information content (AvgIpc) is 2.17. The number of amides is 1. The molecule has 0 aromatic rings. The number of unbranched alkanes of at least 4 members (excludes halogenated alkanes) is 3. The highest BCUT2D eigenvalue weighted by molar-refractivity contribution is 5.67. The smallest absolute Gasteiger partial charge is 0.407 e. The fourth-order valence-electron chi connectivity index (χ4n) is 1.04. The van der Waals surface area contributed by atoms with Gasteiger partial charge in [0, 0.05) is 6.04 Å². The molecule has 1 amide bonds. The highest BCUT2D eigenvalue weighted by Gasteiger charge is 2.04. The summed E-state index contributed by atoms with van der Waals surface area (Å²) in [6.07, 6.45) is 5.20. The maximum absolute atomic E-state index is 11.1. The summed E-state index contributed by atoms with van der Waals surface area (Å²) < 4.78 is 5.01.